The Kier molecular flexibility index (Phi) is 9.65. The van der Waals surface area contributed by atoms with Gasteiger partial charge in [0.2, 0.25) is 5.91 Å². The quantitative estimate of drug-likeness (QED) is 0.544. The monoisotopic (exact) mass is 462 g/mol. The first-order valence-corrected chi connectivity index (χ1v) is 10.9. The fraction of sp³-hybridized carbons (Fsp3) is 0.417. The lowest BCUT2D eigenvalue weighted by Crippen LogP contribution is -2.51. The van der Waals surface area contributed by atoms with Crippen molar-refractivity contribution >= 4 is 23.4 Å². The van der Waals surface area contributed by atoms with Crippen molar-refractivity contribution in [3.63, 3.8) is 0 Å². The van der Waals surface area contributed by atoms with Gasteiger partial charge in [-0.3, -0.25) is 9.59 Å². The van der Waals surface area contributed by atoms with Gasteiger partial charge in [0.1, 0.15) is 23.3 Å². The van der Waals surface area contributed by atoms with E-state index < -0.39 is 6.04 Å². The molecule has 1 unspecified atom stereocenters. The van der Waals surface area contributed by atoms with Crippen molar-refractivity contribution in [2.45, 2.75) is 45.8 Å². The first kappa shape index (κ1) is 25.3. The molecule has 0 saturated carbocycles. The molecular weight excluding hydrogens is 432 g/mol. The van der Waals surface area contributed by atoms with Gasteiger partial charge in [0, 0.05) is 35.8 Å². The molecule has 2 amide bonds. The summed E-state index contributed by atoms with van der Waals surface area (Å²) in [7, 11) is 3.07. The van der Waals surface area contributed by atoms with Gasteiger partial charge < -0.3 is 24.4 Å². The molecule has 2 rings (SSSR count). The summed E-state index contributed by atoms with van der Waals surface area (Å²) in [6.45, 7) is 5.55. The van der Waals surface area contributed by atoms with Crippen LogP contribution in [-0.2, 0) is 16.1 Å². The Balaban J connectivity index is 2.26. The predicted molar refractivity (Wildman–Crippen MR) is 124 cm³/mol. The van der Waals surface area contributed by atoms with Crippen LogP contribution in [0.2, 0.25) is 5.02 Å². The Morgan fingerprint density at radius 3 is 2.16 bits per heavy atom. The maximum atomic E-state index is 13.2. The molecule has 174 valence electrons. The molecule has 0 aliphatic rings. The van der Waals surface area contributed by atoms with E-state index in [1.807, 2.05) is 39.0 Å². The lowest BCUT2D eigenvalue weighted by molar-refractivity contribution is -0.143. The molecule has 0 aliphatic carbocycles. The Morgan fingerprint density at radius 1 is 1.03 bits per heavy atom. The average molecular weight is 463 g/mol. The maximum absolute atomic E-state index is 13.2. The van der Waals surface area contributed by atoms with E-state index in [9.17, 15) is 9.59 Å². The molecule has 0 radical (unpaired) electrons. The van der Waals surface area contributed by atoms with Crippen LogP contribution in [-0.4, -0.2) is 49.6 Å². The van der Waals surface area contributed by atoms with Crippen molar-refractivity contribution in [2.75, 3.05) is 20.8 Å². The van der Waals surface area contributed by atoms with E-state index in [1.54, 1.807) is 24.3 Å². The number of nitrogens with one attached hydrogen (secondary N) is 1. The molecule has 8 heteroatoms. The van der Waals surface area contributed by atoms with Crippen molar-refractivity contribution in [1.29, 1.82) is 0 Å². The Labute approximate surface area is 194 Å². The van der Waals surface area contributed by atoms with Crippen LogP contribution < -0.4 is 19.5 Å². The number of carbonyl (C=O) groups excluding carboxylic acids is 2. The van der Waals surface area contributed by atoms with Crippen molar-refractivity contribution in [3.8, 4) is 17.2 Å². The largest absolute Gasteiger partial charge is 0.496 e. The zero-order valence-corrected chi connectivity index (χ0v) is 19.9. The molecule has 32 heavy (non-hydrogen) atoms. The van der Waals surface area contributed by atoms with Crippen molar-refractivity contribution in [1.82, 2.24) is 10.2 Å². The fourth-order valence-corrected chi connectivity index (χ4v) is 3.40. The summed E-state index contributed by atoms with van der Waals surface area (Å²) in [4.78, 5) is 27.6. The second-order valence-corrected chi connectivity index (χ2v) is 7.94. The van der Waals surface area contributed by atoms with Crippen LogP contribution in [0.15, 0.2) is 42.5 Å². The highest BCUT2D eigenvalue weighted by Gasteiger charge is 2.29. The Hall–Kier alpha value is -2.93. The summed E-state index contributed by atoms with van der Waals surface area (Å²) < 4.78 is 16.2. The van der Waals surface area contributed by atoms with Crippen molar-refractivity contribution < 1.29 is 23.8 Å². The first-order chi connectivity index (χ1) is 15.3. The van der Waals surface area contributed by atoms with E-state index >= 15 is 0 Å². The molecule has 0 aromatic heterocycles. The molecule has 2 aromatic rings. The summed E-state index contributed by atoms with van der Waals surface area (Å²) in [5.41, 5.74) is 0.751. The van der Waals surface area contributed by atoms with Crippen LogP contribution in [0.5, 0.6) is 17.2 Å². The van der Waals surface area contributed by atoms with Crippen molar-refractivity contribution in [2.24, 2.45) is 0 Å². The minimum atomic E-state index is -0.662. The third kappa shape index (κ3) is 7.05. The topological polar surface area (TPSA) is 77.1 Å². The Bertz CT molecular complexity index is 897. The number of hydrogen-bond donors (Lipinski definition) is 1. The lowest BCUT2D eigenvalue weighted by atomic mass is 10.1. The number of rotatable bonds is 11. The number of benzene rings is 2. The van der Waals surface area contributed by atoms with Crippen LogP contribution in [0.1, 0.15) is 32.8 Å². The van der Waals surface area contributed by atoms with Gasteiger partial charge in [-0.2, -0.15) is 0 Å². The summed E-state index contributed by atoms with van der Waals surface area (Å²) in [5, 5.41) is 3.42. The van der Waals surface area contributed by atoms with Gasteiger partial charge in [0.15, 0.2) is 6.61 Å². The number of methoxy groups -OCH3 is 2. The van der Waals surface area contributed by atoms with Gasteiger partial charge in [-0.1, -0.05) is 36.7 Å². The molecule has 0 heterocycles. The summed E-state index contributed by atoms with van der Waals surface area (Å²) in [6.07, 6.45) is 0.446. The van der Waals surface area contributed by atoms with Crippen LogP contribution >= 0.6 is 11.6 Å². The summed E-state index contributed by atoms with van der Waals surface area (Å²) in [6, 6.07) is 11.6. The minimum Gasteiger partial charge on any atom is -0.496 e. The maximum Gasteiger partial charge on any atom is 0.261 e. The number of carbonyl (C=O) groups is 2. The number of halogens is 1. The van der Waals surface area contributed by atoms with E-state index in [1.165, 1.54) is 19.1 Å². The SMILES string of the molecule is CCC(C(=O)NC(C)C)N(Cc1ccccc1Cl)C(=O)COc1cc(OC)cc(OC)c1. The summed E-state index contributed by atoms with van der Waals surface area (Å²) >= 11 is 6.33. The molecule has 0 spiro atoms. The van der Waals surface area contributed by atoms with Gasteiger partial charge in [-0.05, 0) is 31.9 Å². The molecule has 7 nitrogen and oxygen atoms in total. The summed E-state index contributed by atoms with van der Waals surface area (Å²) in [5.74, 6) is 0.959. The second kappa shape index (κ2) is 12.2. The Morgan fingerprint density at radius 2 is 1.62 bits per heavy atom. The van der Waals surface area contributed by atoms with Gasteiger partial charge in [-0.25, -0.2) is 0 Å². The number of nitrogens with zero attached hydrogens (tertiary/aromatic N) is 1. The second-order valence-electron chi connectivity index (χ2n) is 7.54. The zero-order valence-electron chi connectivity index (χ0n) is 19.2. The molecular formula is C24H31ClN2O5. The van der Waals surface area contributed by atoms with Crippen molar-refractivity contribution in [3.05, 3.63) is 53.1 Å². The normalized spacial score (nSPS) is 11.6. The van der Waals surface area contributed by atoms with E-state index in [-0.39, 0.29) is 31.0 Å². The molecule has 2 aromatic carbocycles. The fourth-order valence-electron chi connectivity index (χ4n) is 3.20. The van der Waals surface area contributed by atoms with Crippen LogP contribution in [0, 0.1) is 0 Å². The van der Waals surface area contributed by atoms with E-state index in [0.29, 0.717) is 28.7 Å². The van der Waals surface area contributed by atoms with Crippen LogP contribution in [0.4, 0.5) is 0 Å². The van der Waals surface area contributed by atoms with Crippen LogP contribution in [0.25, 0.3) is 0 Å². The van der Waals surface area contributed by atoms with E-state index in [4.69, 9.17) is 25.8 Å². The molecule has 0 fully saturated rings. The third-order valence-electron chi connectivity index (χ3n) is 4.80. The predicted octanol–water partition coefficient (Wildman–Crippen LogP) is 4.07. The molecule has 1 N–H and O–H groups in total. The average Bonchev–Trinajstić information content (AvgIpc) is 2.77. The van der Waals surface area contributed by atoms with Gasteiger partial charge in [-0.15, -0.1) is 0 Å². The highest BCUT2D eigenvalue weighted by molar-refractivity contribution is 6.31. The number of hydrogen-bond acceptors (Lipinski definition) is 5. The van der Waals surface area contributed by atoms with Crippen LogP contribution in [0.3, 0.4) is 0 Å². The molecule has 0 saturated heterocycles. The smallest absolute Gasteiger partial charge is 0.261 e. The van der Waals surface area contributed by atoms with Gasteiger partial charge in [0.05, 0.1) is 14.2 Å². The van der Waals surface area contributed by atoms with Gasteiger partial charge >= 0.3 is 0 Å². The number of ether oxygens (including phenoxy) is 3. The highest BCUT2D eigenvalue weighted by atomic mass is 35.5. The molecule has 0 aliphatic heterocycles. The third-order valence-corrected chi connectivity index (χ3v) is 5.17. The zero-order chi connectivity index (χ0) is 23.7. The van der Waals surface area contributed by atoms with E-state index in [2.05, 4.69) is 5.32 Å². The molecule has 1 atom stereocenters. The van der Waals surface area contributed by atoms with Gasteiger partial charge in [0.25, 0.3) is 5.91 Å². The number of amides is 2. The minimum absolute atomic E-state index is 0.0469. The van der Waals surface area contributed by atoms with E-state index in [0.717, 1.165) is 5.56 Å². The highest BCUT2D eigenvalue weighted by Crippen LogP contribution is 2.27. The standard InChI is InChI=1S/C24H31ClN2O5/c1-6-22(24(29)26-16(2)3)27(14-17-9-7-8-10-21(17)25)23(28)15-32-20-12-18(30-4)11-19(13-20)31-5/h7-13,16,22H,6,14-15H2,1-5H3,(H,26,29). The lowest BCUT2D eigenvalue weighted by Gasteiger charge is -2.31. The molecule has 0 bridgehead atoms. The first-order valence-electron chi connectivity index (χ1n) is 10.5.